The van der Waals surface area contributed by atoms with E-state index >= 15 is 0 Å². The number of piperidine rings is 2. The van der Waals surface area contributed by atoms with Gasteiger partial charge >= 0.3 is 0 Å². The molecule has 0 aromatic rings. The molecular formula is C30H56N6O4. The fourth-order valence-corrected chi connectivity index (χ4v) is 7.52. The smallest absolute Gasteiger partial charge is 0.223 e. The second-order valence-corrected chi connectivity index (χ2v) is 13.3. The Bertz CT molecular complexity index is 781. The van der Waals surface area contributed by atoms with E-state index in [1.807, 2.05) is 0 Å². The molecule has 5 aliphatic rings. The first-order valence-corrected chi connectivity index (χ1v) is 16.3. The monoisotopic (exact) mass is 564 g/mol. The molecule has 40 heavy (non-hydrogen) atoms. The van der Waals surface area contributed by atoms with Crippen molar-refractivity contribution in [2.75, 3.05) is 59.7 Å². The van der Waals surface area contributed by atoms with E-state index in [0.717, 1.165) is 64.2 Å². The van der Waals surface area contributed by atoms with Gasteiger partial charge in [0.05, 0.1) is 44.0 Å². The topological polar surface area (TPSA) is 110 Å². The molecule has 0 aromatic heterocycles. The van der Waals surface area contributed by atoms with Crippen molar-refractivity contribution in [1.82, 2.24) is 31.1 Å². The van der Waals surface area contributed by atoms with Gasteiger partial charge in [-0.3, -0.25) is 25.6 Å². The number of β-amino-alcohol motifs (C(OH)–C–C–N with tert-alkyl or cyclic N) is 1. The number of carbonyl (C=O) groups is 1. The number of ether oxygens (including phenoxy) is 2. The Morgan fingerprint density at radius 1 is 1.18 bits per heavy atom. The highest BCUT2D eigenvalue weighted by molar-refractivity contribution is 5.78. The van der Waals surface area contributed by atoms with Crippen molar-refractivity contribution in [2.24, 2.45) is 17.8 Å². The molecule has 5 rings (SSSR count). The van der Waals surface area contributed by atoms with Crippen molar-refractivity contribution in [2.45, 2.75) is 108 Å². The van der Waals surface area contributed by atoms with Gasteiger partial charge in [0, 0.05) is 38.1 Å². The molecule has 3 saturated heterocycles. The zero-order valence-electron chi connectivity index (χ0n) is 25.0. The van der Waals surface area contributed by atoms with Crippen molar-refractivity contribution in [3.63, 3.8) is 0 Å². The van der Waals surface area contributed by atoms with Crippen LogP contribution in [0.25, 0.3) is 0 Å². The Kier molecular flexibility index (Phi) is 11.5. The van der Waals surface area contributed by atoms with E-state index in [2.05, 4.69) is 45.0 Å². The van der Waals surface area contributed by atoms with Crippen LogP contribution in [-0.2, 0) is 14.3 Å². The molecule has 1 amide bonds. The normalized spacial score (nSPS) is 36.2. The summed E-state index contributed by atoms with van der Waals surface area (Å²) in [4.78, 5) is 18.0. The first-order chi connectivity index (χ1) is 19.5. The van der Waals surface area contributed by atoms with Crippen molar-refractivity contribution < 1.29 is 19.4 Å². The van der Waals surface area contributed by atoms with Gasteiger partial charge in [-0.15, -0.1) is 0 Å². The number of aliphatic hydroxyl groups is 1. The summed E-state index contributed by atoms with van der Waals surface area (Å²) in [6.07, 6.45) is 11.5. The van der Waals surface area contributed by atoms with Crippen molar-refractivity contribution in [3.8, 4) is 0 Å². The van der Waals surface area contributed by atoms with Gasteiger partial charge in [-0.05, 0) is 89.8 Å². The van der Waals surface area contributed by atoms with Crippen LogP contribution in [0.1, 0.15) is 71.1 Å². The van der Waals surface area contributed by atoms with Crippen molar-refractivity contribution in [1.29, 1.82) is 0 Å². The molecule has 10 nitrogen and oxygen atoms in total. The Hall–Kier alpha value is -0.850. The highest BCUT2D eigenvalue weighted by atomic mass is 16.5. The quantitative estimate of drug-likeness (QED) is 0.224. The average molecular weight is 565 g/mol. The third-order valence-electron chi connectivity index (χ3n) is 10.1. The number of carbonyl (C=O) groups excluding carboxylic acids is 1. The zero-order chi connectivity index (χ0) is 27.9. The lowest BCUT2D eigenvalue weighted by Gasteiger charge is -2.44. The molecule has 0 spiro atoms. The number of fused-ring (bicyclic) bond motifs is 1. The minimum Gasteiger partial charge on any atom is -0.390 e. The lowest BCUT2D eigenvalue weighted by Crippen LogP contribution is -2.62. The summed E-state index contributed by atoms with van der Waals surface area (Å²) < 4.78 is 11.8. The third kappa shape index (κ3) is 8.60. The molecule has 2 saturated carbocycles. The number of hydrogen-bond donors (Lipinski definition) is 5. The molecule has 5 fully saturated rings. The molecule has 5 N–H and O–H groups in total. The maximum absolute atomic E-state index is 13.3. The first-order valence-electron chi connectivity index (χ1n) is 16.3. The van der Waals surface area contributed by atoms with E-state index in [9.17, 15) is 9.90 Å². The number of nitrogens with one attached hydrogen (secondary N) is 4. The SMILES string of the molecule is CCCN(C)C1CC(C(=O)NC[C@H](O)CN2CCC3CC(OCC4CNCO4)CCC3C2)CC(NC2CCC2)N1. The fourth-order valence-electron chi connectivity index (χ4n) is 7.52. The molecule has 8 atom stereocenters. The van der Waals surface area contributed by atoms with E-state index in [0.29, 0.717) is 44.5 Å². The van der Waals surface area contributed by atoms with Gasteiger partial charge in [0.25, 0.3) is 0 Å². The second-order valence-electron chi connectivity index (χ2n) is 13.3. The zero-order valence-corrected chi connectivity index (χ0v) is 25.0. The predicted octanol–water partition coefficient (Wildman–Crippen LogP) is 1.05. The lowest BCUT2D eigenvalue weighted by molar-refractivity contribution is -0.128. The molecule has 0 aromatic carbocycles. The molecule has 3 aliphatic heterocycles. The number of rotatable bonds is 13. The van der Waals surface area contributed by atoms with Crippen LogP contribution in [0.4, 0.5) is 0 Å². The van der Waals surface area contributed by atoms with E-state index < -0.39 is 6.10 Å². The predicted molar refractivity (Wildman–Crippen MR) is 156 cm³/mol. The number of amides is 1. The van der Waals surface area contributed by atoms with Crippen LogP contribution in [0, 0.1) is 17.8 Å². The van der Waals surface area contributed by atoms with Gasteiger partial charge in [0.15, 0.2) is 0 Å². The number of aliphatic hydroxyl groups excluding tert-OH is 1. The number of likely N-dealkylation sites (tertiary alicyclic amines) is 1. The summed E-state index contributed by atoms with van der Waals surface area (Å²) in [5, 5.41) is 24.7. The van der Waals surface area contributed by atoms with E-state index in [1.165, 1.54) is 32.1 Å². The van der Waals surface area contributed by atoms with Crippen LogP contribution < -0.4 is 21.3 Å². The lowest BCUT2D eigenvalue weighted by atomic mass is 9.74. The number of hydrogen-bond acceptors (Lipinski definition) is 9. The van der Waals surface area contributed by atoms with Crippen molar-refractivity contribution in [3.05, 3.63) is 0 Å². The summed E-state index contributed by atoms with van der Waals surface area (Å²) in [7, 11) is 2.15. The summed E-state index contributed by atoms with van der Waals surface area (Å²) in [6, 6.07) is 0.578. The highest BCUT2D eigenvalue weighted by Crippen LogP contribution is 2.37. The van der Waals surface area contributed by atoms with Crippen LogP contribution in [-0.4, -0.2) is 117 Å². The van der Waals surface area contributed by atoms with Crippen molar-refractivity contribution >= 4 is 5.91 Å². The molecule has 10 heteroatoms. The molecule has 0 bridgehead atoms. The Balaban J connectivity index is 1.02. The minimum absolute atomic E-state index is 0.0417. The van der Waals surface area contributed by atoms with Crippen LogP contribution >= 0.6 is 0 Å². The maximum Gasteiger partial charge on any atom is 0.223 e. The van der Waals surface area contributed by atoms with Gasteiger partial charge in [0.2, 0.25) is 5.91 Å². The Morgan fingerprint density at radius 2 is 2.05 bits per heavy atom. The van der Waals surface area contributed by atoms with Gasteiger partial charge in [-0.2, -0.15) is 0 Å². The molecule has 230 valence electrons. The molecule has 2 aliphatic carbocycles. The van der Waals surface area contributed by atoms with Gasteiger partial charge in [-0.1, -0.05) is 13.3 Å². The average Bonchev–Trinajstić information content (AvgIpc) is 3.46. The van der Waals surface area contributed by atoms with Crippen LogP contribution in [0.2, 0.25) is 0 Å². The van der Waals surface area contributed by atoms with E-state index in [-0.39, 0.29) is 30.3 Å². The molecule has 0 radical (unpaired) electrons. The Labute approximate surface area is 241 Å². The third-order valence-corrected chi connectivity index (χ3v) is 10.1. The van der Waals surface area contributed by atoms with E-state index in [4.69, 9.17) is 9.47 Å². The fraction of sp³-hybridized carbons (Fsp3) is 0.967. The van der Waals surface area contributed by atoms with Crippen LogP contribution in [0.15, 0.2) is 0 Å². The number of nitrogens with zero attached hydrogens (tertiary/aromatic N) is 2. The second kappa shape index (κ2) is 15.0. The standard InChI is InChI=1S/C30H56N6O4/c1-3-10-35(2)29-14-23(13-28(34-29)33-24-5-4-6-24)30(38)32-15-25(37)18-36-11-9-21-12-26(8-7-22(21)17-36)39-19-27-16-31-20-40-27/h21-29,31,33-34,37H,3-20H2,1-2H3,(H,32,38)/t21?,22?,23?,25-,26?,27?,28?,29?/m0/s1. The van der Waals surface area contributed by atoms with Gasteiger partial charge < -0.3 is 24.8 Å². The van der Waals surface area contributed by atoms with Crippen LogP contribution in [0.3, 0.4) is 0 Å². The first kappa shape index (κ1) is 30.6. The highest BCUT2D eigenvalue weighted by Gasteiger charge is 2.37. The summed E-state index contributed by atoms with van der Waals surface area (Å²) >= 11 is 0. The molecule has 7 unspecified atom stereocenters. The van der Waals surface area contributed by atoms with Gasteiger partial charge in [-0.25, -0.2) is 0 Å². The van der Waals surface area contributed by atoms with Crippen LogP contribution in [0.5, 0.6) is 0 Å². The Morgan fingerprint density at radius 3 is 2.80 bits per heavy atom. The summed E-state index contributed by atoms with van der Waals surface area (Å²) in [6.45, 7) is 8.47. The molecular weight excluding hydrogens is 508 g/mol. The maximum atomic E-state index is 13.3. The minimum atomic E-state index is -0.538. The largest absolute Gasteiger partial charge is 0.390 e. The summed E-state index contributed by atoms with van der Waals surface area (Å²) in [5.74, 6) is 1.45. The summed E-state index contributed by atoms with van der Waals surface area (Å²) in [5.41, 5.74) is 0. The van der Waals surface area contributed by atoms with E-state index in [1.54, 1.807) is 0 Å². The molecule has 3 heterocycles. The van der Waals surface area contributed by atoms with Gasteiger partial charge in [0.1, 0.15) is 0 Å².